The maximum Gasteiger partial charge on any atom is 0.187 e. The van der Waals surface area contributed by atoms with Gasteiger partial charge in [-0.3, -0.25) is 4.79 Å². The first-order valence-corrected chi connectivity index (χ1v) is 8.61. The van der Waals surface area contributed by atoms with Crippen LogP contribution in [0.4, 0.5) is 5.13 Å². The smallest absolute Gasteiger partial charge is 0.187 e. The van der Waals surface area contributed by atoms with E-state index in [1.165, 1.54) is 17.5 Å². The van der Waals surface area contributed by atoms with Gasteiger partial charge in [0.2, 0.25) is 0 Å². The largest absolute Gasteiger partial charge is 0.337 e. The monoisotopic (exact) mass is 389 g/mol. The van der Waals surface area contributed by atoms with Gasteiger partial charge in [-0.25, -0.2) is 4.98 Å². The second-order valence-electron chi connectivity index (χ2n) is 5.94. The van der Waals surface area contributed by atoms with Gasteiger partial charge in [-0.1, -0.05) is 48.8 Å². The summed E-state index contributed by atoms with van der Waals surface area (Å²) in [4.78, 5) is 16.6. The number of allylic oxidation sites excluding steroid dienone is 1. The fraction of sp³-hybridized carbons (Fsp3) is 0.235. The number of nitriles is 1. The minimum atomic E-state index is -0.589. The topological polar surface area (TPSA) is 65.8 Å². The van der Waals surface area contributed by atoms with Crippen molar-refractivity contribution in [1.82, 2.24) is 4.98 Å². The average Bonchev–Trinajstić information content (AvgIpc) is 2.96. The fourth-order valence-corrected chi connectivity index (χ4v) is 2.73. The Labute approximate surface area is 148 Å². The van der Waals surface area contributed by atoms with Gasteiger partial charge in [0, 0.05) is 27.0 Å². The van der Waals surface area contributed by atoms with E-state index in [2.05, 4.69) is 26.2 Å². The Morgan fingerprint density at radius 3 is 2.57 bits per heavy atom. The van der Waals surface area contributed by atoms with Gasteiger partial charge in [-0.05, 0) is 12.1 Å². The Hall–Kier alpha value is -1.97. The quantitative estimate of drug-likeness (QED) is 0.589. The molecule has 4 nitrogen and oxygen atoms in total. The highest BCUT2D eigenvalue weighted by Crippen LogP contribution is 2.26. The average molecular weight is 390 g/mol. The van der Waals surface area contributed by atoms with E-state index in [1.807, 2.05) is 35.7 Å². The highest BCUT2D eigenvalue weighted by molar-refractivity contribution is 9.10. The van der Waals surface area contributed by atoms with Crippen LogP contribution in [0.15, 0.2) is 45.9 Å². The van der Waals surface area contributed by atoms with E-state index >= 15 is 0 Å². The van der Waals surface area contributed by atoms with Crippen LogP contribution in [-0.2, 0) is 4.79 Å². The van der Waals surface area contributed by atoms with Crippen molar-refractivity contribution in [2.45, 2.75) is 20.8 Å². The Morgan fingerprint density at radius 1 is 1.35 bits per heavy atom. The van der Waals surface area contributed by atoms with Crippen molar-refractivity contribution in [2.24, 2.45) is 5.41 Å². The van der Waals surface area contributed by atoms with Crippen molar-refractivity contribution in [3.8, 4) is 17.3 Å². The van der Waals surface area contributed by atoms with Gasteiger partial charge in [0.25, 0.3) is 0 Å². The third-order valence-corrected chi connectivity index (χ3v) is 4.33. The third kappa shape index (κ3) is 4.50. The molecule has 1 N–H and O–H groups in total. The van der Waals surface area contributed by atoms with Gasteiger partial charge in [0.1, 0.15) is 11.6 Å². The predicted octanol–water partition coefficient (Wildman–Crippen LogP) is 5.01. The zero-order valence-electron chi connectivity index (χ0n) is 13.1. The Bertz CT molecular complexity index is 779. The lowest BCUT2D eigenvalue weighted by atomic mass is 9.87. The molecule has 6 heteroatoms. The number of halogens is 1. The number of hydrogen-bond acceptors (Lipinski definition) is 5. The predicted molar refractivity (Wildman–Crippen MR) is 97.0 cm³/mol. The summed E-state index contributed by atoms with van der Waals surface area (Å²) in [6.45, 7) is 5.36. The molecular formula is C17H16BrN3OS. The van der Waals surface area contributed by atoms with E-state index in [0.717, 1.165) is 15.7 Å². The molecule has 23 heavy (non-hydrogen) atoms. The molecule has 1 heterocycles. The lowest BCUT2D eigenvalue weighted by molar-refractivity contribution is -0.122. The zero-order valence-corrected chi connectivity index (χ0v) is 15.5. The Balaban J connectivity index is 2.16. The SMILES string of the molecule is CC(C)(C)C(=O)/C(C#N)=C\Nc1nc(-c2ccc(Br)cc2)cs1. The van der Waals surface area contributed by atoms with Crippen LogP contribution in [0.25, 0.3) is 11.3 Å². The normalized spacial score (nSPS) is 11.9. The van der Waals surface area contributed by atoms with E-state index in [0.29, 0.717) is 5.13 Å². The van der Waals surface area contributed by atoms with Crippen molar-refractivity contribution in [3.05, 3.63) is 45.9 Å². The highest BCUT2D eigenvalue weighted by atomic mass is 79.9. The first kappa shape index (κ1) is 17.4. The van der Waals surface area contributed by atoms with Crippen LogP contribution in [0.2, 0.25) is 0 Å². The lowest BCUT2D eigenvalue weighted by Gasteiger charge is -2.15. The summed E-state index contributed by atoms with van der Waals surface area (Å²) in [6.07, 6.45) is 1.43. The Morgan fingerprint density at radius 2 is 2.00 bits per heavy atom. The maximum absolute atomic E-state index is 12.1. The number of Topliss-reactive ketones (excluding diaryl/α,β-unsaturated/α-hetero) is 1. The number of carbonyl (C=O) groups excluding carboxylic acids is 1. The Kier molecular flexibility index (Phi) is 5.34. The van der Waals surface area contributed by atoms with Crippen molar-refractivity contribution in [2.75, 3.05) is 5.32 Å². The van der Waals surface area contributed by atoms with Crippen LogP contribution < -0.4 is 5.32 Å². The summed E-state index contributed by atoms with van der Waals surface area (Å²) in [5, 5.41) is 14.7. The fourth-order valence-electron chi connectivity index (χ4n) is 1.78. The van der Waals surface area contributed by atoms with Crippen LogP contribution >= 0.6 is 27.3 Å². The molecule has 0 aliphatic heterocycles. The summed E-state index contributed by atoms with van der Waals surface area (Å²) in [5.74, 6) is -0.197. The van der Waals surface area contributed by atoms with Crippen molar-refractivity contribution < 1.29 is 4.79 Å². The zero-order chi connectivity index (χ0) is 17.0. The summed E-state index contributed by atoms with van der Waals surface area (Å²) in [6, 6.07) is 9.81. The minimum Gasteiger partial charge on any atom is -0.337 e. The van der Waals surface area contributed by atoms with E-state index in [-0.39, 0.29) is 11.4 Å². The van der Waals surface area contributed by atoms with Crippen molar-refractivity contribution in [3.63, 3.8) is 0 Å². The van der Waals surface area contributed by atoms with E-state index in [1.54, 1.807) is 20.8 Å². The van der Waals surface area contributed by atoms with Gasteiger partial charge in [-0.15, -0.1) is 11.3 Å². The van der Waals surface area contributed by atoms with Gasteiger partial charge >= 0.3 is 0 Å². The molecule has 0 saturated heterocycles. The number of benzene rings is 1. The minimum absolute atomic E-state index is 0.0953. The molecule has 2 aromatic rings. The van der Waals surface area contributed by atoms with E-state index in [9.17, 15) is 4.79 Å². The first-order chi connectivity index (χ1) is 10.8. The van der Waals surface area contributed by atoms with Crippen LogP contribution in [0.5, 0.6) is 0 Å². The van der Waals surface area contributed by atoms with E-state index < -0.39 is 5.41 Å². The summed E-state index contributed by atoms with van der Waals surface area (Å²) in [5.41, 5.74) is 1.36. The molecular weight excluding hydrogens is 374 g/mol. The number of rotatable bonds is 4. The molecule has 0 spiro atoms. The van der Waals surface area contributed by atoms with E-state index in [4.69, 9.17) is 5.26 Å². The van der Waals surface area contributed by atoms with Gasteiger partial charge in [0.05, 0.1) is 5.69 Å². The van der Waals surface area contributed by atoms with Crippen LogP contribution in [-0.4, -0.2) is 10.8 Å². The molecule has 0 fully saturated rings. The molecule has 1 aromatic carbocycles. The molecule has 1 aromatic heterocycles. The molecule has 118 valence electrons. The maximum atomic E-state index is 12.1. The third-order valence-electron chi connectivity index (χ3n) is 3.03. The number of nitrogens with zero attached hydrogens (tertiary/aromatic N) is 2. The molecule has 0 unspecified atom stereocenters. The lowest BCUT2D eigenvalue weighted by Crippen LogP contribution is -2.22. The van der Waals surface area contributed by atoms with Gasteiger partial charge < -0.3 is 5.32 Å². The first-order valence-electron chi connectivity index (χ1n) is 6.94. The number of anilines is 1. The van der Waals surface area contributed by atoms with Crippen molar-refractivity contribution in [1.29, 1.82) is 5.26 Å². The molecule has 0 atom stereocenters. The van der Waals surface area contributed by atoms with Crippen molar-refractivity contribution >= 4 is 38.2 Å². The second-order valence-corrected chi connectivity index (χ2v) is 7.71. The van der Waals surface area contributed by atoms with Crippen LogP contribution in [0.3, 0.4) is 0 Å². The number of nitrogens with one attached hydrogen (secondary N) is 1. The summed E-state index contributed by atoms with van der Waals surface area (Å²) >= 11 is 4.82. The standard InChI is InChI=1S/C17H16BrN3OS/c1-17(2,3)15(22)12(8-19)9-20-16-21-14(10-23-16)11-4-6-13(18)7-5-11/h4-7,9-10H,1-3H3,(H,20,21)/b12-9-. The second kappa shape index (κ2) is 7.07. The van der Waals surface area contributed by atoms with Gasteiger partial charge in [-0.2, -0.15) is 5.26 Å². The number of hydrogen-bond donors (Lipinski definition) is 1. The molecule has 0 aliphatic carbocycles. The molecule has 0 radical (unpaired) electrons. The van der Waals surface area contributed by atoms with Gasteiger partial charge in [0.15, 0.2) is 10.9 Å². The number of ketones is 1. The molecule has 0 saturated carbocycles. The molecule has 0 bridgehead atoms. The molecule has 0 aliphatic rings. The summed E-state index contributed by atoms with van der Waals surface area (Å²) in [7, 11) is 0. The highest BCUT2D eigenvalue weighted by Gasteiger charge is 2.25. The molecule has 0 amide bonds. The number of thiazole rings is 1. The van der Waals surface area contributed by atoms with Crippen LogP contribution in [0.1, 0.15) is 20.8 Å². The van der Waals surface area contributed by atoms with Crippen LogP contribution in [0, 0.1) is 16.7 Å². The number of aromatic nitrogens is 1. The number of carbonyl (C=O) groups is 1. The summed E-state index contributed by atoms with van der Waals surface area (Å²) < 4.78 is 1.01. The molecule has 2 rings (SSSR count).